The van der Waals surface area contributed by atoms with Crippen molar-refractivity contribution < 1.29 is 29.0 Å². The number of hydrogen-bond acceptors (Lipinski definition) is 7. The Kier molecular flexibility index (Phi) is 6.71. The summed E-state index contributed by atoms with van der Waals surface area (Å²) in [6, 6.07) is 0. The molecule has 3 N–H and O–H groups in total. The minimum Gasteiger partial charge on any atom is -0.476 e. The Bertz CT molecular complexity index is 635. The van der Waals surface area contributed by atoms with Crippen molar-refractivity contribution in [3.05, 3.63) is 23.4 Å². The van der Waals surface area contributed by atoms with Crippen LogP contribution >= 0.6 is 11.3 Å². The molecule has 0 spiro atoms. The molecule has 0 radical (unpaired) electrons. The Balaban J connectivity index is 2.74. The molecule has 0 unspecified atom stereocenters. The van der Waals surface area contributed by atoms with Crippen molar-refractivity contribution in [3.63, 3.8) is 0 Å². The average molecular weight is 357 g/mol. The van der Waals surface area contributed by atoms with Gasteiger partial charge in [0.2, 0.25) is 0 Å². The highest BCUT2D eigenvalue weighted by molar-refractivity contribution is 7.16. The topological polar surface area (TPSA) is 127 Å². The number of ether oxygens (including phenoxy) is 2. The number of nitrogens with zero attached hydrogens (tertiary/aromatic N) is 1. The summed E-state index contributed by atoms with van der Waals surface area (Å²) in [5, 5.41) is 14.2. The number of hydrogen-bond donors (Lipinski definition) is 3. The summed E-state index contributed by atoms with van der Waals surface area (Å²) in [6.07, 6.45) is -0.109. The van der Waals surface area contributed by atoms with Crippen molar-refractivity contribution in [2.75, 3.05) is 11.9 Å². The van der Waals surface area contributed by atoms with Crippen LogP contribution in [0.15, 0.2) is 12.7 Å². The molecule has 1 aromatic rings. The number of rotatable bonds is 6. The summed E-state index contributed by atoms with van der Waals surface area (Å²) in [5.74, 6) is -1.31. The third-order valence-electron chi connectivity index (χ3n) is 2.20. The molecular formula is C14H19N3O6S. The Morgan fingerprint density at radius 2 is 2.00 bits per heavy atom. The van der Waals surface area contributed by atoms with Gasteiger partial charge in [-0.25, -0.2) is 19.4 Å². The maximum Gasteiger partial charge on any atom is 0.412 e. The number of thiazole rings is 1. The fourth-order valence-corrected chi connectivity index (χ4v) is 2.28. The van der Waals surface area contributed by atoms with E-state index in [1.165, 1.54) is 6.08 Å². The lowest BCUT2D eigenvalue weighted by molar-refractivity contribution is 0.0523. The number of aromatic nitrogens is 1. The van der Waals surface area contributed by atoms with Crippen molar-refractivity contribution in [2.45, 2.75) is 32.9 Å². The fourth-order valence-electron chi connectivity index (χ4n) is 1.40. The van der Waals surface area contributed by atoms with E-state index in [9.17, 15) is 14.4 Å². The van der Waals surface area contributed by atoms with Gasteiger partial charge < -0.3 is 19.9 Å². The van der Waals surface area contributed by atoms with E-state index in [-0.39, 0.29) is 28.9 Å². The summed E-state index contributed by atoms with van der Waals surface area (Å²) in [5.41, 5.74) is -0.989. The second-order valence-corrected chi connectivity index (χ2v) is 6.54. The first-order valence-corrected chi connectivity index (χ1v) is 7.68. The maximum atomic E-state index is 11.6. The van der Waals surface area contributed by atoms with Crippen molar-refractivity contribution in [3.8, 4) is 0 Å². The van der Waals surface area contributed by atoms with Gasteiger partial charge in [0.25, 0.3) is 0 Å². The first kappa shape index (κ1) is 19.4. The van der Waals surface area contributed by atoms with Gasteiger partial charge in [0.15, 0.2) is 5.69 Å². The third-order valence-corrected chi connectivity index (χ3v) is 3.18. The maximum absolute atomic E-state index is 11.6. The lowest BCUT2D eigenvalue weighted by Crippen LogP contribution is -2.32. The van der Waals surface area contributed by atoms with E-state index in [4.69, 9.17) is 14.6 Å². The van der Waals surface area contributed by atoms with Crippen molar-refractivity contribution >= 4 is 34.5 Å². The van der Waals surface area contributed by atoms with E-state index in [2.05, 4.69) is 22.2 Å². The van der Waals surface area contributed by atoms with Crippen LogP contribution in [0.2, 0.25) is 0 Å². The number of anilines is 1. The van der Waals surface area contributed by atoms with Crippen LogP contribution in [0.3, 0.4) is 0 Å². The van der Waals surface area contributed by atoms with Gasteiger partial charge in [-0.15, -0.1) is 0 Å². The largest absolute Gasteiger partial charge is 0.476 e. The Morgan fingerprint density at radius 3 is 2.54 bits per heavy atom. The average Bonchev–Trinajstić information content (AvgIpc) is 2.84. The molecule has 0 aromatic carbocycles. The highest BCUT2D eigenvalue weighted by atomic mass is 32.1. The smallest absolute Gasteiger partial charge is 0.412 e. The van der Waals surface area contributed by atoms with Gasteiger partial charge in [0.1, 0.15) is 22.2 Å². The highest BCUT2D eigenvalue weighted by Crippen LogP contribution is 2.25. The normalized spacial score (nSPS) is 10.6. The lowest BCUT2D eigenvalue weighted by atomic mass is 10.2. The monoisotopic (exact) mass is 357 g/mol. The van der Waals surface area contributed by atoms with Gasteiger partial charge in [0, 0.05) is 0 Å². The molecule has 0 aliphatic rings. The number of nitrogens with one attached hydrogen (secondary N) is 2. The first-order chi connectivity index (χ1) is 11.1. The molecule has 0 saturated carbocycles. The van der Waals surface area contributed by atoms with Gasteiger partial charge in [-0.05, 0) is 20.8 Å². The Morgan fingerprint density at radius 1 is 1.33 bits per heavy atom. The van der Waals surface area contributed by atoms with E-state index in [0.29, 0.717) is 0 Å². The van der Waals surface area contributed by atoms with Gasteiger partial charge in [0.05, 0.1) is 6.54 Å². The molecule has 0 atom stereocenters. The number of alkyl carbamates (subject to hydrolysis) is 1. The molecule has 0 fully saturated rings. The highest BCUT2D eigenvalue weighted by Gasteiger charge is 2.21. The van der Waals surface area contributed by atoms with Gasteiger partial charge >= 0.3 is 18.2 Å². The molecule has 1 heterocycles. The SMILES string of the molecule is C=CCOC(=O)Nc1sc(CNC(=O)OC(C)(C)C)nc1C(=O)O. The first-order valence-electron chi connectivity index (χ1n) is 6.87. The molecule has 24 heavy (non-hydrogen) atoms. The van der Waals surface area contributed by atoms with E-state index < -0.39 is 23.8 Å². The molecule has 0 saturated heterocycles. The number of carbonyl (C=O) groups excluding carboxylic acids is 2. The molecule has 9 nitrogen and oxygen atoms in total. The van der Waals surface area contributed by atoms with E-state index >= 15 is 0 Å². The number of carboxylic acids is 1. The Labute approximate surface area is 142 Å². The van der Waals surface area contributed by atoms with Crippen LogP contribution in [0, 0.1) is 0 Å². The molecular weight excluding hydrogens is 338 g/mol. The molecule has 2 amide bonds. The third kappa shape index (κ3) is 6.65. The summed E-state index contributed by atoms with van der Waals surface area (Å²) < 4.78 is 9.78. The minimum absolute atomic E-state index is 0.0116. The lowest BCUT2D eigenvalue weighted by Gasteiger charge is -2.19. The number of amides is 2. The van der Waals surface area contributed by atoms with Crippen LogP contribution in [0.4, 0.5) is 14.6 Å². The van der Waals surface area contributed by atoms with Crippen LogP contribution in [0.5, 0.6) is 0 Å². The van der Waals surface area contributed by atoms with Crippen molar-refractivity contribution in [1.82, 2.24) is 10.3 Å². The second-order valence-electron chi connectivity index (χ2n) is 5.46. The molecule has 0 aliphatic heterocycles. The van der Waals surface area contributed by atoms with Crippen LogP contribution in [0.25, 0.3) is 0 Å². The van der Waals surface area contributed by atoms with E-state index in [1.54, 1.807) is 20.8 Å². The molecule has 0 aliphatic carbocycles. The van der Waals surface area contributed by atoms with Crippen LogP contribution < -0.4 is 10.6 Å². The molecule has 0 bridgehead atoms. The molecule has 10 heteroatoms. The standard InChI is InChI=1S/C14H19N3O6S/c1-5-6-22-13(21)17-10-9(11(18)19)16-8(24-10)7-15-12(20)23-14(2,3)4/h5H,1,6-7H2,2-4H3,(H,15,20)(H,17,21)(H,18,19). The van der Waals surface area contributed by atoms with Crippen LogP contribution in [0.1, 0.15) is 36.3 Å². The minimum atomic E-state index is -1.31. The van der Waals surface area contributed by atoms with Crippen LogP contribution in [-0.2, 0) is 16.0 Å². The molecule has 1 aromatic heterocycles. The zero-order chi connectivity index (χ0) is 18.3. The van der Waals surface area contributed by atoms with Gasteiger partial charge in [-0.2, -0.15) is 0 Å². The number of carboxylic acid groups (broad SMARTS) is 1. The van der Waals surface area contributed by atoms with E-state index in [0.717, 1.165) is 11.3 Å². The summed E-state index contributed by atoms with van der Waals surface area (Å²) in [4.78, 5) is 38.1. The summed E-state index contributed by atoms with van der Waals surface area (Å²) >= 11 is 0.910. The zero-order valence-electron chi connectivity index (χ0n) is 13.5. The zero-order valence-corrected chi connectivity index (χ0v) is 14.4. The fraction of sp³-hybridized carbons (Fsp3) is 0.429. The van der Waals surface area contributed by atoms with Crippen LogP contribution in [-0.4, -0.2) is 40.5 Å². The second kappa shape index (κ2) is 8.29. The summed E-state index contributed by atoms with van der Waals surface area (Å²) in [7, 11) is 0. The number of aromatic carboxylic acids is 1. The molecule has 132 valence electrons. The van der Waals surface area contributed by atoms with Gasteiger partial charge in [-0.3, -0.25) is 5.32 Å². The van der Waals surface area contributed by atoms with Crippen molar-refractivity contribution in [1.29, 1.82) is 0 Å². The summed E-state index contributed by atoms with van der Waals surface area (Å²) in [6.45, 7) is 8.50. The van der Waals surface area contributed by atoms with Gasteiger partial charge in [-0.1, -0.05) is 24.0 Å². The molecule has 1 rings (SSSR count). The van der Waals surface area contributed by atoms with Crippen molar-refractivity contribution in [2.24, 2.45) is 0 Å². The predicted octanol–water partition coefficient (Wildman–Crippen LogP) is 2.60. The Hall–Kier alpha value is -2.62. The number of carbonyl (C=O) groups is 3. The van der Waals surface area contributed by atoms with E-state index in [1.807, 2.05) is 0 Å². The quantitative estimate of drug-likeness (QED) is 0.668. The predicted molar refractivity (Wildman–Crippen MR) is 87.3 cm³/mol.